The minimum absolute atomic E-state index is 0.285. The van der Waals surface area contributed by atoms with Crippen molar-refractivity contribution < 1.29 is 23.1 Å². The Kier molecular flexibility index (Phi) is 15.1. The number of likely N-dealkylation sites (tertiary alicyclic amines) is 1. The number of aliphatic hydroxyl groups excluding tert-OH is 1. The lowest BCUT2D eigenvalue weighted by Crippen LogP contribution is -2.38. The third kappa shape index (κ3) is 11.8. The van der Waals surface area contributed by atoms with Crippen molar-refractivity contribution in [2.24, 2.45) is 0 Å². The highest BCUT2D eigenvalue weighted by atomic mass is 32.2. The Morgan fingerprint density at radius 3 is 1.62 bits per heavy atom. The summed E-state index contributed by atoms with van der Waals surface area (Å²) in [5.41, 5.74) is 0. The van der Waals surface area contributed by atoms with Gasteiger partial charge in [0.2, 0.25) is 11.8 Å². The third-order valence-corrected chi connectivity index (χ3v) is 8.53. The van der Waals surface area contributed by atoms with Crippen molar-refractivity contribution in [3.05, 3.63) is 0 Å². The van der Waals surface area contributed by atoms with Crippen LogP contribution in [-0.2, 0) is 19.4 Å². The maximum atomic E-state index is 12.4. The molecule has 2 amide bonds. The van der Waals surface area contributed by atoms with Gasteiger partial charge >= 0.3 is 0 Å². The van der Waals surface area contributed by atoms with Gasteiger partial charge in [-0.2, -0.15) is 0 Å². The van der Waals surface area contributed by atoms with E-state index >= 15 is 0 Å². The monoisotopic (exact) mass is 473 g/mol. The molecule has 0 aliphatic carbocycles. The molecule has 1 N–H and O–H groups in total. The summed E-state index contributed by atoms with van der Waals surface area (Å²) in [7, 11) is -3.80. The smallest absolute Gasteiger partial charge is 0.248 e. The SMILES string of the molecule is CCCCCCCCCCCCCCCCCCN1C(=O)CC(S(=O)(=O)CC(C)O)C1=O. The van der Waals surface area contributed by atoms with Crippen LogP contribution in [0.4, 0.5) is 0 Å². The number of sulfone groups is 1. The average Bonchev–Trinajstić information content (AvgIpc) is 3.01. The number of unbranched alkanes of at least 4 members (excludes halogenated alkanes) is 15. The van der Waals surface area contributed by atoms with Crippen molar-refractivity contribution in [3.8, 4) is 0 Å². The van der Waals surface area contributed by atoms with E-state index in [0.29, 0.717) is 6.54 Å². The Morgan fingerprint density at radius 1 is 0.812 bits per heavy atom. The second-order valence-corrected chi connectivity index (χ2v) is 11.8. The number of carbonyl (C=O) groups excluding carboxylic acids is 2. The molecule has 1 rings (SSSR count). The lowest BCUT2D eigenvalue weighted by atomic mass is 10.0. The number of aliphatic hydroxyl groups is 1. The summed E-state index contributed by atoms with van der Waals surface area (Å²) < 4.78 is 24.4. The summed E-state index contributed by atoms with van der Waals surface area (Å²) in [4.78, 5) is 25.6. The number of hydrogen-bond acceptors (Lipinski definition) is 5. The van der Waals surface area contributed by atoms with E-state index in [4.69, 9.17) is 0 Å². The van der Waals surface area contributed by atoms with Crippen molar-refractivity contribution in [2.45, 2.75) is 134 Å². The van der Waals surface area contributed by atoms with Crippen molar-refractivity contribution in [1.82, 2.24) is 4.90 Å². The van der Waals surface area contributed by atoms with Crippen LogP contribution in [0, 0.1) is 0 Å². The summed E-state index contributed by atoms with van der Waals surface area (Å²) in [6.07, 6.45) is 18.8. The van der Waals surface area contributed by atoms with Crippen molar-refractivity contribution in [3.63, 3.8) is 0 Å². The fourth-order valence-corrected chi connectivity index (χ4v) is 6.17. The topological polar surface area (TPSA) is 91.8 Å². The molecule has 0 aromatic heterocycles. The van der Waals surface area contributed by atoms with Gasteiger partial charge in [-0.1, -0.05) is 103 Å². The number of hydrogen-bond donors (Lipinski definition) is 1. The lowest BCUT2D eigenvalue weighted by Gasteiger charge is -2.15. The summed E-state index contributed by atoms with van der Waals surface area (Å²) >= 11 is 0. The molecule has 1 aliphatic rings. The largest absolute Gasteiger partial charge is 0.392 e. The molecular weight excluding hydrogens is 426 g/mol. The summed E-state index contributed by atoms with van der Waals surface area (Å²) in [5.74, 6) is -1.50. The first-order chi connectivity index (χ1) is 15.3. The highest BCUT2D eigenvalue weighted by Gasteiger charge is 2.45. The van der Waals surface area contributed by atoms with Gasteiger partial charge in [0.1, 0.15) is 5.25 Å². The van der Waals surface area contributed by atoms with Crippen LogP contribution in [0.5, 0.6) is 0 Å². The zero-order chi connectivity index (χ0) is 23.8. The van der Waals surface area contributed by atoms with E-state index in [-0.39, 0.29) is 6.42 Å². The Labute approximate surface area is 196 Å². The maximum absolute atomic E-state index is 12.4. The molecule has 2 atom stereocenters. The highest BCUT2D eigenvalue weighted by Crippen LogP contribution is 2.22. The maximum Gasteiger partial charge on any atom is 0.248 e. The second-order valence-electron chi connectivity index (χ2n) is 9.56. The van der Waals surface area contributed by atoms with Crippen LogP contribution in [0.3, 0.4) is 0 Å². The zero-order valence-electron chi connectivity index (χ0n) is 20.5. The predicted octanol–water partition coefficient (Wildman–Crippen LogP) is 5.17. The molecule has 0 bridgehead atoms. The molecule has 1 fully saturated rings. The standard InChI is InChI=1S/C25H47NO5S/c1-3-4-5-6-7-8-9-10-11-12-13-14-15-16-17-18-19-26-24(28)20-23(25(26)29)32(30,31)21-22(2)27/h22-23,27H,3-21H2,1-2H3. The molecule has 0 saturated carbocycles. The van der Waals surface area contributed by atoms with Crippen LogP contribution in [0.25, 0.3) is 0 Å². The number of nitrogens with zero attached hydrogens (tertiary/aromatic N) is 1. The van der Waals surface area contributed by atoms with Gasteiger partial charge in [0.25, 0.3) is 0 Å². The number of carbonyl (C=O) groups is 2. The van der Waals surface area contributed by atoms with Crippen LogP contribution < -0.4 is 0 Å². The minimum Gasteiger partial charge on any atom is -0.392 e. The van der Waals surface area contributed by atoms with Gasteiger partial charge in [0.15, 0.2) is 9.84 Å². The van der Waals surface area contributed by atoms with Gasteiger partial charge in [0, 0.05) is 6.54 Å². The molecule has 1 saturated heterocycles. The first kappa shape index (κ1) is 29.1. The van der Waals surface area contributed by atoms with Crippen LogP contribution >= 0.6 is 0 Å². The van der Waals surface area contributed by atoms with Crippen LogP contribution in [0.2, 0.25) is 0 Å². The fourth-order valence-electron chi connectivity index (χ4n) is 4.44. The summed E-state index contributed by atoms with van der Waals surface area (Å²) in [6.45, 7) is 3.93. The molecule has 1 heterocycles. The van der Waals surface area contributed by atoms with Gasteiger partial charge in [-0.3, -0.25) is 14.5 Å². The molecule has 188 valence electrons. The van der Waals surface area contributed by atoms with Crippen molar-refractivity contribution in [1.29, 1.82) is 0 Å². The molecule has 32 heavy (non-hydrogen) atoms. The van der Waals surface area contributed by atoms with E-state index in [1.807, 2.05) is 0 Å². The summed E-state index contributed by atoms with van der Waals surface area (Å²) in [6, 6.07) is 0. The third-order valence-electron chi connectivity index (χ3n) is 6.34. The van der Waals surface area contributed by atoms with E-state index in [9.17, 15) is 23.1 Å². The van der Waals surface area contributed by atoms with Crippen LogP contribution in [0.15, 0.2) is 0 Å². The Morgan fingerprint density at radius 2 is 1.22 bits per heavy atom. The Hall–Kier alpha value is -0.950. The zero-order valence-corrected chi connectivity index (χ0v) is 21.3. The Bertz CT molecular complexity index is 632. The Balaban J connectivity index is 2.01. The lowest BCUT2D eigenvalue weighted by molar-refractivity contribution is -0.138. The summed E-state index contributed by atoms with van der Waals surface area (Å²) in [5, 5.41) is 8.02. The van der Waals surface area contributed by atoms with Gasteiger partial charge in [-0.15, -0.1) is 0 Å². The molecule has 0 aromatic carbocycles. The molecule has 6 nitrogen and oxygen atoms in total. The highest BCUT2D eigenvalue weighted by molar-refractivity contribution is 7.92. The molecule has 7 heteroatoms. The first-order valence-electron chi connectivity index (χ1n) is 13.0. The van der Waals surface area contributed by atoms with E-state index in [1.165, 1.54) is 90.4 Å². The normalized spacial score (nSPS) is 18.0. The molecule has 0 radical (unpaired) electrons. The van der Waals surface area contributed by atoms with Crippen LogP contribution in [-0.4, -0.2) is 53.9 Å². The van der Waals surface area contributed by atoms with Crippen molar-refractivity contribution >= 4 is 21.7 Å². The van der Waals surface area contributed by atoms with E-state index < -0.39 is 38.8 Å². The number of rotatable bonds is 20. The van der Waals surface area contributed by atoms with Gasteiger partial charge in [0.05, 0.1) is 18.3 Å². The predicted molar refractivity (Wildman–Crippen MR) is 130 cm³/mol. The van der Waals surface area contributed by atoms with Crippen LogP contribution in [0.1, 0.15) is 123 Å². The second kappa shape index (κ2) is 16.6. The van der Waals surface area contributed by atoms with E-state index in [1.54, 1.807) is 0 Å². The quantitative estimate of drug-likeness (QED) is 0.194. The number of imide groups is 1. The molecule has 1 aliphatic heterocycles. The van der Waals surface area contributed by atoms with E-state index in [2.05, 4.69) is 6.92 Å². The minimum atomic E-state index is -3.80. The molecule has 0 aromatic rings. The molecular formula is C25H47NO5S. The van der Waals surface area contributed by atoms with Gasteiger partial charge in [-0.25, -0.2) is 8.42 Å². The molecule has 2 unspecified atom stereocenters. The van der Waals surface area contributed by atoms with Gasteiger partial charge < -0.3 is 5.11 Å². The van der Waals surface area contributed by atoms with Crippen molar-refractivity contribution in [2.75, 3.05) is 12.3 Å². The van der Waals surface area contributed by atoms with Gasteiger partial charge in [-0.05, 0) is 13.3 Å². The number of amides is 2. The van der Waals surface area contributed by atoms with E-state index in [0.717, 1.165) is 24.2 Å². The fraction of sp³-hybridized carbons (Fsp3) is 0.920. The molecule has 0 spiro atoms. The first-order valence-corrected chi connectivity index (χ1v) is 14.7. The average molecular weight is 474 g/mol.